The lowest BCUT2D eigenvalue weighted by atomic mass is 9.84. The number of fused-ring (bicyclic) bond motifs is 9. The van der Waals surface area contributed by atoms with Crippen molar-refractivity contribution in [3.05, 3.63) is 167 Å². The first-order chi connectivity index (χ1) is 24.8. The average Bonchev–Trinajstić information content (AvgIpc) is 3.72. The summed E-state index contributed by atoms with van der Waals surface area (Å²) in [7, 11) is 0. The molecule has 2 heteroatoms. The van der Waals surface area contributed by atoms with E-state index in [4.69, 9.17) is 4.42 Å². The Balaban J connectivity index is 1.07. The predicted molar refractivity (Wildman–Crippen MR) is 214 cm³/mol. The number of furan rings is 1. The van der Waals surface area contributed by atoms with Crippen molar-refractivity contribution in [2.24, 2.45) is 0 Å². The molecule has 0 saturated carbocycles. The lowest BCUT2D eigenvalue weighted by Gasteiger charge is -2.19. The van der Waals surface area contributed by atoms with Gasteiger partial charge in [-0.1, -0.05) is 133 Å². The summed E-state index contributed by atoms with van der Waals surface area (Å²) in [5.74, 6) is 0.303. The van der Waals surface area contributed by atoms with Crippen LogP contribution in [-0.2, 0) is 0 Å². The molecule has 1 atom stereocenters. The Kier molecular flexibility index (Phi) is 6.02. The molecule has 11 rings (SSSR count). The maximum atomic E-state index is 6.22. The summed E-state index contributed by atoms with van der Waals surface area (Å²) in [5.41, 5.74) is 8.39. The van der Waals surface area contributed by atoms with Crippen LogP contribution in [0.3, 0.4) is 0 Å². The second-order valence-corrected chi connectivity index (χ2v) is 14.7. The van der Waals surface area contributed by atoms with E-state index in [1.807, 2.05) is 17.4 Å². The summed E-state index contributed by atoms with van der Waals surface area (Å²) in [4.78, 5) is 0. The minimum atomic E-state index is 0.303. The third-order valence-corrected chi connectivity index (χ3v) is 11.9. The first-order valence-corrected chi connectivity index (χ1v) is 18.2. The van der Waals surface area contributed by atoms with Crippen LogP contribution in [0.4, 0.5) is 0 Å². The number of hydrogen-bond acceptors (Lipinski definition) is 2. The van der Waals surface area contributed by atoms with Crippen molar-refractivity contribution in [3.8, 4) is 22.3 Å². The molecule has 8 aromatic carbocycles. The molecule has 2 aromatic heterocycles. The average molecular weight is 655 g/mol. The van der Waals surface area contributed by atoms with Gasteiger partial charge in [0.2, 0.25) is 0 Å². The van der Waals surface area contributed by atoms with Crippen LogP contribution in [0.15, 0.2) is 156 Å². The topological polar surface area (TPSA) is 13.1 Å². The first-order valence-electron chi connectivity index (χ1n) is 17.4. The third-order valence-electron chi connectivity index (χ3n) is 10.7. The van der Waals surface area contributed by atoms with Crippen LogP contribution in [0.2, 0.25) is 0 Å². The van der Waals surface area contributed by atoms with Gasteiger partial charge in [0.25, 0.3) is 0 Å². The van der Waals surface area contributed by atoms with Crippen LogP contribution < -0.4 is 9.75 Å². The lowest BCUT2D eigenvalue weighted by Crippen LogP contribution is -2.23. The molecule has 1 aliphatic rings. The molecule has 0 spiro atoms. The molecule has 1 nitrogen and oxygen atoms in total. The van der Waals surface area contributed by atoms with Gasteiger partial charge in [-0.05, 0) is 102 Å². The van der Waals surface area contributed by atoms with Gasteiger partial charge < -0.3 is 4.42 Å². The van der Waals surface area contributed by atoms with Crippen LogP contribution in [0, 0.1) is 0 Å². The number of hydrogen-bond donors (Lipinski definition) is 0. The summed E-state index contributed by atoms with van der Waals surface area (Å²) < 4.78 is 8.93. The maximum Gasteiger partial charge on any atom is 0.136 e. The Labute approximate surface area is 292 Å². The number of rotatable bonds is 3. The summed E-state index contributed by atoms with van der Waals surface area (Å²) in [6.07, 6.45) is 5.98. The minimum absolute atomic E-state index is 0.303. The molecule has 0 saturated heterocycles. The van der Waals surface area contributed by atoms with E-state index in [0.717, 1.165) is 17.6 Å². The van der Waals surface area contributed by atoms with Crippen LogP contribution >= 0.6 is 11.3 Å². The highest BCUT2D eigenvalue weighted by Crippen LogP contribution is 2.44. The van der Waals surface area contributed by atoms with Gasteiger partial charge in [-0.2, -0.15) is 0 Å². The van der Waals surface area contributed by atoms with Gasteiger partial charge in [0.05, 0.1) is 0 Å². The maximum absolute atomic E-state index is 6.22. The van der Waals surface area contributed by atoms with Gasteiger partial charge in [0.1, 0.15) is 11.2 Å². The van der Waals surface area contributed by atoms with Crippen molar-refractivity contribution in [2.75, 3.05) is 0 Å². The van der Waals surface area contributed by atoms with Gasteiger partial charge in [0.15, 0.2) is 0 Å². The quantitative estimate of drug-likeness (QED) is 0.173. The van der Waals surface area contributed by atoms with Crippen LogP contribution in [0.5, 0.6) is 0 Å². The Morgan fingerprint density at radius 3 is 1.86 bits per heavy atom. The molecule has 0 bridgehead atoms. The zero-order valence-corrected chi connectivity index (χ0v) is 28.0. The molecular weight excluding hydrogens is 625 g/mol. The molecule has 1 aliphatic carbocycles. The lowest BCUT2D eigenvalue weighted by molar-refractivity contribution is 0.669. The van der Waals surface area contributed by atoms with Crippen molar-refractivity contribution in [3.63, 3.8) is 0 Å². The van der Waals surface area contributed by atoms with E-state index in [1.54, 1.807) is 0 Å². The van der Waals surface area contributed by atoms with Gasteiger partial charge >= 0.3 is 0 Å². The van der Waals surface area contributed by atoms with E-state index < -0.39 is 0 Å². The van der Waals surface area contributed by atoms with E-state index in [9.17, 15) is 0 Å². The van der Waals surface area contributed by atoms with E-state index in [2.05, 4.69) is 158 Å². The van der Waals surface area contributed by atoms with E-state index in [0.29, 0.717) is 5.92 Å². The largest absolute Gasteiger partial charge is 0.456 e. The highest BCUT2D eigenvalue weighted by molar-refractivity contribution is 7.17. The Bertz CT molecular complexity index is 3070. The van der Waals surface area contributed by atoms with Gasteiger partial charge in [-0.15, -0.1) is 11.3 Å². The Morgan fingerprint density at radius 2 is 1.10 bits per heavy atom. The molecule has 0 amide bonds. The fourth-order valence-electron chi connectivity index (χ4n) is 8.44. The molecule has 50 heavy (non-hydrogen) atoms. The number of thiophene rings is 1. The molecule has 1 unspecified atom stereocenters. The SMILES string of the molecule is C1=c2sc3cc4cc5oc6ccccc6c5cc4cc3c2=CC(c2cccc(-c3c4ccccc4c(-c4ccccc4)c4ccccc34)c2)C1. The summed E-state index contributed by atoms with van der Waals surface area (Å²) in [6, 6.07) is 55.6. The number of para-hydroxylation sites is 1. The van der Waals surface area contributed by atoms with Crippen molar-refractivity contribution in [1.29, 1.82) is 0 Å². The number of benzene rings is 8. The fourth-order valence-corrected chi connectivity index (χ4v) is 9.61. The van der Waals surface area contributed by atoms with Gasteiger partial charge in [-0.3, -0.25) is 0 Å². The Morgan fingerprint density at radius 1 is 0.480 bits per heavy atom. The zero-order chi connectivity index (χ0) is 32.8. The highest BCUT2D eigenvalue weighted by Gasteiger charge is 2.19. The van der Waals surface area contributed by atoms with E-state index in [-0.39, 0.29) is 0 Å². The molecule has 0 radical (unpaired) electrons. The Hall–Kier alpha value is -5.96. The second kappa shape index (κ2) is 10.8. The highest BCUT2D eigenvalue weighted by atomic mass is 32.1. The first kappa shape index (κ1) is 27.9. The van der Waals surface area contributed by atoms with Gasteiger partial charge in [0, 0.05) is 31.3 Å². The third kappa shape index (κ3) is 4.19. The van der Waals surface area contributed by atoms with E-state index in [1.165, 1.54) is 90.7 Å². The second-order valence-electron chi connectivity index (χ2n) is 13.6. The van der Waals surface area contributed by atoms with Crippen molar-refractivity contribution in [1.82, 2.24) is 0 Å². The predicted octanol–water partition coefficient (Wildman–Crippen LogP) is 12.3. The molecule has 2 heterocycles. The van der Waals surface area contributed by atoms with Crippen molar-refractivity contribution >= 4 is 87.8 Å². The molecule has 234 valence electrons. The van der Waals surface area contributed by atoms with E-state index >= 15 is 0 Å². The smallest absolute Gasteiger partial charge is 0.136 e. The molecule has 0 fully saturated rings. The monoisotopic (exact) mass is 654 g/mol. The molecule has 10 aromatic rings. The molecule has 0 N–H and O–H groups in total. The minimum Gasteiger partial charge on any atom is -0.456 e. The summed E-state index contributed by atoms with van der Waals surface area (Å²) in [5, 5.41) is 12.7. The van der Waals surface area contributed by atoms with Crippen LogP contribution in [-0.4, -0.2) is 0 Å². The summed E-state index contributed by atoms with van der Waals surface area (Å²) >= 11 is 1.91. The van der Waals surface area contributed by atoms with Crippen molar-refractivity contribution < 1.29 is 4.42 Å². The standard InChI is InChI=1S/C48H30OS/c1-2-11-29(12-3-1)47-36-16-4-6-18-38(36)48(39-19-7-5-17-37(39)47)32-14-10-13-30(23-32)31-21-22-45-41(24-31)42-26-33-25-40-35-15-8-9-20-43(35)49-44(40)27-34(33)28-46(42)50-45/h1-20,22-28,31H,21H2. The molecule has 0 aliphatic heterocycles. The van der Waals surface area contributed by atoms with Crippen molar-refractivity contribution in [2.45, 2.75) is 12.3 Å². The normalized spacial score (nSPS) is 14.4. The zero-order valence-electron chi connectivity index (χ0n) is 27.2. The van der Waals surface area contributed by atoms with Crippen LogP contribution in [0.1, 0.15) is 17.9 Å². The fraction of sp³-hybridized carbons (Fsp3) is 0.0417. The molecular formula is C48H30OS. The van der Waals surface area contributed by atoms with Crippen LogP contribution in [0.25, 0.3) is 98.7 Å². The summed E-state index contributed by atoms with van der Waals surface area (Å²) in [6.45, 7) is 0. The van der Waals surface area contributed by atoms with Gasteiger partial charge in [-0.25, -0.2) is 0 Å².